The maximum absolute atomic E-state index is 13.1. The third-order valence-corrected chi connectivity index (χ3v) is 2.66. The number of rotatable bonds is 2. The normalized spacial score (nSPS) is 10.9. The molecule has 90 valence electrons. The first-order chi connectivity index (χ1) is 8.70. The lowest BCUT2D eigenvalue weighted by Crippen LogP contribution is -1.95. The summed E-state index contributed by atoms with van der Waals surface area (Å²) in [6.45, 7) is 0. The number of fused-ring (bicyclic) bond motifs is 1. The molecule has 0 aliphatic heterocycles. The molecule has 0 aliphatic rings. The van der Waals surface area contributed by atoms with Crippen LogP contribution in [0.25, 0.3) is 5.65 Å². The van der Waals surface area contributed by atoms with Gasteiger partial charge in [0.25, 0.3) is 0 Å². The first-order valence-electron chi connectivity index (χ1n) is 5.55. The van der Waals surface area contributed by atoms with Crippen molar-refractivity contribution in [2.24, 2.45) is 0 Å². The molecule has 0 bridgehead atoms. The Bertz CT molecular complexity index is 705. The van der Waals surface area contributed by atoms with Gasteiger partial charge in [-0.1, -0.05) is 12.1 Å². The van der Waals surface area contributed by atoms with Crippen molar-refractivity contribution in [1.82, 2.24) is 14.6 Å². The van der Waals surface area contributed by atoms with E-state index in [0.717, 1.165) is 16.9 Å². The molecular weight excluding hydrogens is 231 g/mol. The van der Waals surface area contributed by atoms with Crippen LogP contribution in [0, 0.1) is 5.82 Å². The Labute approximate surface area is 103 Å². The highest BCUT2D eigenvalue weighted by atomic mass is 19.1. The van der Waals surface area contributed by atoms with Crippen molar-refractivity contribution in [2.75, 3.05) is 5.73 Å². The lowest BCUT2D eigenvalue weighted by Gasteiger charge is -1.97. The van der Waals surface area contributed by atoms with E-state index in [1.165, 1.54) is 12.1 Å². The zero-order valence-electron chi connectivity index (χ0n) is 9.55. The van der Waals surface area contributed by atoms with Crippen LogP contribution in [0.15, 0.2) is 42.7 Å². The van der Waals surface area contributed by atoms with Gasteiger partial charge < -0.3 is 5.73 Å². The van der Waals surface area contributed by atoms with Crippen molar-refractivity contribution < 1.29 is 4.39 Å². The van der Waals surface area contributed by atoms with Gasteiger partial charge in [-0.15, -0.1) is 0 Å². The molecule has 0 spiro atoms. The van der Waals surface area contributed by atoms with Crippen molar-refractivity contribution in [3.05, 3.63) is 59.8 Å². The van der Waals surface area contributed by atoms with Crippen molar-refractivity contribution >= 4 is 11.3 Å². The van der Waals surface area contributed by atoms with Gasteiger partial charge in [-0.05, 0) is 17.7 Å². The lowest BCUT2D eigenvalue weighted by molar-refractivity contribution is 0.626. The molecule has 0 saturated carbocycles. The van der Waals surface area contributed by atoms with E-state index >= 15 is 0 Å². The van der Waals surface area contributed by atoms with Crippen LogP contribution in [0.5, 0.6) is 0 Å². The highest BCUT2D eigenvalue weighted by Gasteiger charge is 2.04. The number of nitrogens with zero attached hydrogens (tertiary/aromatic N) is 3. The summed E-state index contributed by atoms with van der Waals surface area (Å²) >= 11 is 0. The summed E-state index contributed by atoms with van der Waals surface area (Å²) in [6, 6.07) is 8.36. The molecular formula is C13H11FN4. The van der Waals surface area contributed by atoms with Gasteiger partial charge in [0, 0.05) is 12.5 Å². The number of aromatic nitrogens is 3. The van der Waals surface area contributed by atoms with E-state index in [0.29, 0.717) is 12.1 Å². The number of anilines is 1. The van der Waals surface area contributed by atoms with Crippen LogP contribution in [0.4, 0.5) is 10.1 Å². The van der Waals surface area contributed by atoms with Gasteiger partial charge in [0.05, 0.1) is 23.8 Å². The molecule has 2 aromatic heterocycles. The number of halogens is 1. The molecule has 5 heteroatoms. The van der Waals surface area contributed by atoms with E-state index in [1.54, 1.807) is 23.0 Å². The molecule has 0 fully saturated rings. The predicted molar refractivity (Wildman–Crippen MR) is 66.6 cm³/mol. The monoisotopic (exact) mass is 242 g/mol. The quantitative estimate of drug-likeness (QED) is 0.748. The zero-order valence-corrected chi connectivity index (χ0v) is 9.55. The smallest absolute Gasteiger partial charge is 0.155 e. The third kappa shape index (κ3) is 2.02. The van der Waals surface area contributed by atoms with Crippen LogP contribution >= 0.6 is 0 Å². The Morgan fingerprint density at radius 2 is 2.17 bits per heavy atom. The molecule has 2 heterocycles. The lowest BCUT2D eigenvalue weighted by atomic mass is 10.1. The van der Waals surface area contributed by atoms with Gasteiger partial charge in [0.15, 0.2) is 5.65 Å². The molecule has 0 unspecified atom stereocenters. The van der Waals surface area contributed by atoms with Gasteiger partial charge >= 0.3 is 0 Å². The van der Waals surface area contributed by atoms with Crippen LogP contribution in [0.3, 0.4) is 0 Å². The molecule has 3 aromatic rings. The fourth-order valence-electron chi connectivity index (χ4n) is 1.88. The van der Waals surface area contributed by atoms with Gasteiger partial charge in [0.2, 0.25) is 0 Å². The van der Waals surface area contributed by atoms with Gasteiger partial charge in [-0.25, -0.2) is 13.9 Å². The molecule has 1 aromatic carbocycles. The Balaban J connectivity index is 1.95. The molecule has 0 amide bonds. The minimum atomic E-state index is -0.237. The molecule has 0 atom stereocenters. The van der Waals surface area contributed by atoms with Gasteiger partial charge in [0.1, 0.15) is 5.82 Å². The first-order valence-corrected chi connectivity index (χ1v) is 5.55. The van der Waals surface area contributed by atoms with Gasteiger partial charge in [-0.3, -0.25) is 0 Å². The summed E-state index contributed by atoms with van der Waals surface area (Å²) in [5.41, 5.74) is 8.64. The molecule has 2 N–H and O–H groups in total. The molecule has 0 radical (unpaired) electrons. The number of benzene rings is 1. The molecule has 3 rings (SSSR count). The Kier molecular flexibility index (Phi) is 2.44. The second kappa shape index (κ2) is 4.10. The maximum Gasteiger partial charge on any atom is 0.155 e. The fourth-order valence-corrected chi connectivity index (χ4v) is 1.88. The van der Waals surface area contributed by atoms with Crippen LogP contribution in [-0.4, -0.2) is 14.6 Å². The largest absolute Gasteiger partial charge is 0.396 e. The van der Waals surface area contributed by atoms with Crippen LogP contribution in [0.2, 0.25) is 0 Å². The highest BCUT2D eigenvalue weighted by molar-refractivity contribution is 5.45. The molecule has 4 nitrogen and oxygen atoms in total. The summed E-state index contributed by atoms with van der Waals surface area (Å²) < 4.78 is 14.7. The van der Waals surface area contributed by atoms with Gasteiger partial charge in [-0.2, -0.15) is 5.10 Å². The highest BCUT2D eigenvalue weighted by Crippen LogP contribution is 2.12. The van der Waals surface area contributed by atoms with Crippen LogP contribution in [0.1, 0.15) is 11.3 Å². The standard InChI is InChI=1S/C13H11FN4/c14-10-3-1-2-9(4-10)5-12-6-13-16-7-11(15)8-18(13)17-12/h1-4,6-8H,5,15H2. The summed E-state index contributed by atoms with van der Waals surface area (Å²) in [4.78, 5) is 4.16. The third-order valence-electron chi connectivity index (χ3n) is 2.66. The number of nitrogens with two attached hydrogens (primary N) is 1. The maximum atomic E-state index is 13.1. The van der Waals surface area contributed by atoms with E-state index in [-0.39, 0.29) is 5.82 Å². The summed E-state index contributed by atoms with van der Waals surface area (Å²) in [6.07, 6.45) is 3.86. The van der Waals surface area contributed by atoms with Crippen LogP contribution in [-0.2, 0) is 6.42 Å². The summed E-state index contributed by atoms with van der Waals surface area (Å²) in [5, 5.41) is 4.35. The van der Waals surface area contributed by atoms with Crippen molar-refractivity contribution in [3.63, 3.8) is 0 Å². The number of hydrogen-bond donors (Lipinski definition) is 1. The zero-order chi connectivity index (χ0) is 12.5. The average molecular weight is 242 g/mol. The number of nitrogen functional groups attached to an aromatic ring is 1. The first kappa shape index (κ1) is 10.7. The minimum Gasteiger partial charge on any atom is -0.396 e. The number of hydrogen-bond acceptors (Lipinski definition) is 3. The Morgan fingerprint density at radius 3 is 3.00 bits per heavy atom. The van der Waals surface area contributed by atoms with E-state index in [1.807, 2.05) is 12.1 Å². The fraction of sp³-hybridized carbons (Fsp3) is 0.0769. The average Bonchev–Trinajstić information content (AvgIpc) is 2.70. The van der Waals surface area contributed by atoms with E-state index in [2.05, 4.69) is 10.1 Å². The van der Waals surface area contributed by atoms with E-state index < -0.39 is 0 Å². The van der Waals surface area contributed by atoms with Crippen molar-refractivity contribution in [1.29, 1.82) is 0 Å². The van der Waals surface area contributed by atoms with Crippen LogP contribution < -0.4 is 5.73 Å². The summed E-state index contributed by atoms with van der Waals surface area (Å²) in [7, 11) is 0. The predicted octanol–water partition coefficient (Wildman–Crippen LogP) is 2.04. The minimum absolute atomic E-state index is 0.237. The van der Waals surface area contributed by atoms with Crippen molar-refractivity contribution in [2.45, 2.75) is 6.42 Å². The Hall–Kier alpha value is -2.43. The topological polar surface area (TPSA) is 56.2 Å². The SMILES string of the molecule is Nc1cnc2cc(Cc3cccc(F)c3)nn2c1. The summed E-state index contributed by atoms with van der Waals surface area (Å²) in [5.74, 6) is -0.237. The molecule has 0 saturated heterocycles. The Morgan fingerprint density at radius 1 is 1.28 bits per heavy atom. The molecule has 18 heavy (non-hydrogen) atoms. The second-order valence-corrected chi connectivity index (χ2v) is 4.13. The van der Waals surface area contributed by atoms with Crippen molar-refractivity contribution in [3.8, 4) is 0 Å². The van der Waals surface area contributed by atoms with E-state index in [4.69, 9.17) is 5.73 Å². The van der Waals surface area contributed by atoms with E-state index in [9.17, 15) is 4.39 Å². The second-order valence-electron chi connectivity index (χ2n) is 4.13. The molecule has 0 aliphatic carbocycles.